The van der Waals surface area contributed by atoms with Gasteiger partial charge < -0.3 is 10.6 Å². The van der Waals surface area contributed by atoms with Crippen LogP contribution in [0.3, 0.4) is 0 Å². The third kappa shape index (κ3) is 5.20. The van der Waals surface area contributed by atoms with Gasteiger partial charge in [-0.05, 0) is 42.7 Å². The van der Waals surface area contributed by atoms with E-state index in [0.29, 0.717) is 18.9 Å². The highest BCUT2D eigenvalue weighted by Crippen LogP contribution is 2.14. The molecule has 4 heteroatoms. The number of hydrogen-bond donors (Lipinski definition) is 2. The van der Waals surface area contributed by atoms with Crippen molar-refractivity contribution in [2.75, 3.05) is 10.6 Å². The molecule has 2 rings (SSSR count). The third-order valence-corrected chi connectivity index (χ3v) is 3.17. The van der Waals surface area contributed by atoms with Crippen molar-refractivity contribution >= 4 is 17.4 Å². The van der Waals surface area contributed by atoms with Crippen LogP contribution >= 0.6 is 0 Å². The maximum absolute atomic E-state index is 11.8. The van der Waals surface area contributed by atoms with Crippen LogP contribution in [0.4, 0.5) is 11.5 Å². The fourth-order valence-electron chi connectivity index (χ4n) is 2.18. The molecule has 116 valence electrons. The average molecular weight is 297 g/mol. The van der Waals surface area contributed by atoms with Gasteiger partial charge in [-0.1, -0.05) is 32.0 Å². The summed E-state index contributed by atoms with van der Waals surface area (Å²) in [5.74, 6) is 1.27. The average Bonchev–Trinajstić information content (AvgIpc) is 2.44. The van der Waals surface area contributed by atoms with Crippen molar-refractivity contribution in [3.05, 3.63) is 53.7 Å². The Kier molecular flexibility index (Phi) is 5.53. The lowest BCUT2D eigenvalue weighted by molar-refractivity contribution is -0.116. The van der Waals surface area contributed by atoms with Gasteiger partial charge in [-0.3, -0.25) is 4.79 Å². The second kappa shape index (κ2) is 7.59. The van der Waals surface area contributed by atoms with Crippen molar-refractivity contribution in [2.45, 2.75) is 33.7 Å². The molecule has 0 aliphatic rings. The molecule has 0 fully saturated rings. The molecule has 0 radical (unpaired) electrons. The molecule has 2 aromatic rings. The Bertz CT molecular complexity index is 638. The standard InChI is InChI=1S/C18H23N3O/c1-13(2)10-18(22)21-16-8-5-7-15(11-16)12-19-17-9-4-6-14(3)20-17/h4-9,11,13H,10,12H2,1-3H3,(H,19,20)(H,21,22). The van der Waals surface area contributed by atoms with E-state index in [2.05, 4.69) is 15.6 Å². The SMILES string of the molecule is Cc1cccc(NCc2cccc(NC(=O)CC(C)C)c2)n1. The van der Waals surface area contributed by atoms with E-state index in [1.807, 2.05) is 63.2 Å². The minimum Gasteiger partial charge on any atom is -0.366 e. The van der Waals surface area contributed by atoms with Gasteiger partial charge in [0.1, 0.15) is 5.82 Å². The van der Waals surface area contributed by atoms with Gasteiger partial charge in [-0.25, -0.2) is 4.98 Å². The highest BCUT2D eigenvalue weighted by molar-refractivity contribution is 5.90. The number of nitrogens with one attached hydrogen (secondary N) is 2. The molecule has 0 bridgehead atoms. The third-order valence-electron chi connectivity index (χ3n) is 3.17. The first kappa shape index (κ1) is 16.0. The number of rotatable bonds is 6. The highest BCUT2D eigenvalue weighted by Gasteiger charge is 2.05. The monoisotopic (exact) mass is 297 g/mol. The molecule has 4 nitrogen and oxygen atoms in total. The van der Waals surface area contributed by atoms with Gasteiger partial charge in [0.2, 0.25) is 5.91 Å². The van der Waals surface area contributed by atoms with Crippen molar-refractivity contribution < 1.29 is 4.79 Å². The predicted octanol–water partition coefficient (Wildman–Crippen LogP) is 3.99. The second-order valence-electron chi connectivity index (χ2n) is 5.86. The lowest BCUT2D eigenvalue weighted by Gasteiger charge is -2.10. The van der Waals surface area contributed by atoms with Crippen LogP contribution in [0, 0.1) is 12.8 Å². The van der Waals surface area contributed by atoms with Crippen LogP contribution in [-0.4, -0.2) is 10.9 Å². The minimum atomic E-state index is 0.0560. The van der Waals surface area contributed by atoms with E-state index >= 15 is 0 Å². The predicted molar refractivity (Wildman–Crippen MR) is 90.8 cm³/mol. The van der Waals surface area contributed by atoms with E-state index in [-0.39, 0.29) is 5.91 Å². The van der Waals surface area contributed by atoms with Gasteiger partial charge >= 0.3 is 0 Å². The van der Waals surface area contributed by atoms with Crippen molar-refractivity contribution in [3.8, 4) is 0 Å². The number of pyridine rings is 1. The van der Waals surface area contributed by atoms with E-state index < -0.39 is 0 Å². The summed E-state index contributed by atoms with van der Waals surface area (Å²) >= 11 is 0. The summed E-state index contributed by atoms with van der Waals surface area (Å²) in [6, 6.07) is 13.8. The molecule has 1 aromatic carbocycles. The zero-order valence-electron chi connectivity index (χ0n) is 13.4. The summed E-state index contributed by atoms with van der Waals surface area (Å²) < 4.78 is 0. The zero-order chi connectivity index (χ0) is 15.9. The molecule has 0 saturated carbocycles. The van der Waals surface area contributed by atoms with Crippen molar-refractivity contribution in [3.63, 3.8) is 0 Å². The first-order chi connectivity index (χ1) is 10.5. The molecule has 0 saturated heterocycles. The number of carbonyl (C=O) groups excluding carboxylic acids is 1. The minimum absolute atomic E-state index is 0.0560. The molecule has 2 N–H and O–H groups in total. The van der Waals surface area contributed by atoms with Gasteiger partial charge in [-0.2, -0.15) is 0 Å². The Hall–Kier alpha value is -2.36. The van der Waals surface area contributed by atoms with Gasteiger partial charge in [0.25, 0.3) is 0 Å². The number of benzene rings is 1. The molecule has 0 aliphatic carbocycles. The summed E-state index contributed by atoms with van der Waals surface area (Å²) in [4.78, 5) is 16.2. The number of anilines is 2. The van der Waals surface area contributed by atoms with Crippen LogP contribution in [0.2, 0.25) is 0 Å². The number of aromatic nitrogens is 1. The van der Waals surface area contributed by atoms with E-state index in [4.69, 9.17) is 0 Å². The summed E-state index contributed by atoms with van der Waals surface area (Å²) in [5.41, 5.74) is 2.92. The number of aryl methyl sites for hydroxylation is 1. The number of carbonyl (C=O) groups is 1. The van der Waals surface area contributed by atoms with Gasteiger partial charge in [0.05, 0.1) is 0 Å². The van der Waals surface area contributed by atoms with E-state index in [1.165, 1.54) is 0 Å². The number of nitrogens with zero attached hydrogens (tertiary/aromatic N) is 1. The Morgan fingerprint density at radius 3 is 2.68 bits per heavy atom. The Balaban J connectivity index is 1.95. The quantitative estimate of drug-likeness (QED) is 0.847. The lowest BCUT2D eigenvalue weighted by Crippen LogP contribution is -2.14. The Morgan fingerprint density at radius 2 is 1.95 bits per heavy atom. The normalized spacial score (nSPS) is 10.5. The fraction of sp³-hybridized carbons (Fsp3) is 0.333. The van der Waals surface area contributed by atoms with E-state index in [0.717, 1.165) is 22.8 Å². The van der Waals surface area contributed by atoms with E-state index in [1.54, 1.807) is 0 Å². The van der Waals surface area contributed by atoms with Gasteiger partial charge in [-0.15, -0.1) is 0 Å². The molecule has 1 amide bonds. The number of amides is 1. The maximum Gasteiger partial charge on any atom is 0.224 e. The Labute approximate surface area is 132 Å². The fourth-order valence-corrected chi connectivity index (χ4v) is 2.18. The summed E-state index contributed by atoms with van der Waals surface area (Å²) in [7, 11) is 0. The van der Waals surface area contributed by atoms with Gasteiger partial charge in [0.15, 0.2) is 0 Å². The molecule has 22 heavy (non-hydrogen) atoms. The second-order valence-corrected chi connectivity index (χ2v) is 5.86. The molecule has 1 aromatic heterocycles. The van der Waals surface area contributed by atoms with Crippen LogP contribution in [0.1, 0.15) is 31.5 Å². The lowest BCUT2D eigenvalue weighted by atomic mass is 10.1. The molecular formula is C18H23N3O. The van der Waals surface area contributed by atoms with Crippen molar-refractivity contribution in [2.24, 2.45) is 5.92 Å². The Morgan fingerprint density at radius 1 is 1.18 bits per heavy atom. The highest BCUT2D eigenvalue weighted by atomic mass is 16.1. The molecule has 0 aliphatic heterocycles. The summed E-state index contributed by atoms with van der Waals surface area (Å²) in [6.07, 6.45) is 0.537. The molecule has 0 spiro atoms. The van der Waals surface area contributed by atoms with Crippen molar-refractivity contribution in [1.29, 1.82) is 0 Å². The number of hydrogen-bond acceptors (Lipinski definition) is 3. The van der Waals surface area contributed by atoms with Gasteiger partial charge in [0, 0.05) is 24.3 Å². The van der Waals surface area contributed by atoms with Crippen LogP contribution in [0.25, 0.3) is 0 Å². The maximum atomic E-state index is 11.8. The topological polar surface area (TPSA) is 54.0 Å². The van der Waals surface area contributed by atoms with Crippen LogP contribution in [0.15, 0.2) is 42.5 Å². The zero-order valence-corrected chi connectivity index (χ0v) is 13.4. The van der Waals surface area contributed by atoms with Crippen LogP contribution in [0.5, 0.6) is 0 Å². The molecule has 0 unspecified atom stereocenters. The molecule has 1 heterocycles. The molecule has 0 atom stereocenters. The van der Waals surface area contributed by atoms with E-state index in [9.17, 15) is 4.79 Å². The van der Waals surface area contributed by atoms with Crippen LogP contribution in [-0.2, 0) is 11.3 Å². The van der Waals surface area contributed by atoms with Crippen molar-refractivity contribution in [1.82, 2.24) is 4.98 Å². The first-order valence-electron chi connectivity index (χ1n) is 7.59. The largest absolute Gasteiger partial charge is 0.366 e. The summed E-state index contributed by atoms with van der Waals surface area (Å²) in [5, 5.41) is 6.23. The first-order valence-corrected chi connectivity index (χ1v) is 7.59. The summed E-state index contributed by atoms with van der Waals surface area (Å²) in [6.45, 7) is 6.71. The molecular weight excluding hydrogens is 274 g/mol. The van der Waals surface area contributed by atoms with Crippen LogP contribution < -0.4 is 10.6 Å². The smallest absolute Gasteiger partial charge is 0.224 e.